The van der Waals surface area contributed by atoms with Crippen molar-refractivity contribution in [2.75, 3.05) is 7.05 Å². The van der Waals surface area contributed by atoms with Crippen LogP contribution in [0.15, 0.2) is 34.1 Å². The highest BCUT2D eigenvalue weighted by Crippen LogP contribution is 2.47. The van der Waals surface area contributed by atoms with E-state index < -0.39 is 0 Å². The van der Waals surface area contributed by atoms with E-state index in [9.17, 15) is 0 Å². The van der Waals surface area contributed by atoms with E-state index in [0.29, 0.717) is 0 Å². The Hall–Kier alpha value is -0.980. The summed E-state index contributed by atoms with van der Waals surface area (Å²) >= 11 is 0. The van der Waals surface area contributed by atoms with Gasteiger partial charge in [0, 0.05) is 18.2 Å². The van der Waals surface area contributed by atoms with Crippen LogP contribution < -0.4 is 5.32 Å². The first kappa shape index (κ1) is 15.1. The minimum Gasteiger partial charge on any atom is -0.388 e. The largest absolute Gasteiger partial charge is 0.388 e. The molecule has 0 aromatic carbocycles. The lowest BCUT2D eigenvalue weighted by atomic mass is 9.67. The van der Waals surface area contributed by atoms with E-state index in [1.54, 1.807) is 0 Å². The molecule has 1 aliphatic carbocycles. The third-order valence-electron chi connectivity index (χ3n) is 4.15. The Kier molecular flexibility index (Phi) is 3.86. The van der Waals surface area contributed by atoms with Crippen molar-refractivity contribution in [2.24, 2.45) is 10.8 Å². The highest BCUT2D eigenvalue weighted by Gasteiger charge is 2.34. The molecule has 1 N–H and O–H groups in total. The first-order chi connectivity index (χ1) is 8.02. The second-order valence-electron chi connectivity index (χ2n) is 7.05. The molecule has 1 aliphatic rings. The van der Waals surface area contributed by atoms with Crippen LogP contribution in [0.5, 0.6) is 0 Å². The third kappa shape index (κ3) is 2.55. The van der Waals surface area contributed by atoms with E-state index in [2.05, 4.69) is 66.8 Å². The molecular weight excluding hydrogens is 218 g/mol. The summed E-state index contributed by atoms with van der Waals surface area (Å²) in [5.41, 5.74) is 7.34. The summed E-state index contributed by atoms with van der Waals surface area (Å²) < 4.78 is 0. The van der Waals surface area contributed by atoms with E-state index in [0.717, 1.165) is 0 Å². The van der Waals surface area contributed by atoms with Crippen LogP contribution in [0.25, 0.3) is 0 Å². The monoisotopic (exact) mass is 247 g/mol. The lowest BCUT2D eigenvalue weighted by molar-refractivity contribution is 0.486. The van der Waals surface area contributed by atoms with Crippen molar-refractivity contribution in [2.45, 2.75) is 55.4 Å². The van der Waals surface area contributed by atoms with Gasteiger partial charge in [0.25, 0.3) is 0 Å². The van der Waals surface area contributed by atoms with Crippen LogP contribution >= 0.6 is 0 Å². The summed E-state index contributed by atoms with van der Waals surface area (Å²) in [7, 11) is 2.02. The van der Waals surface area contributed by atoms with Crippen molar-refractivity contribution in [1.82, 2.24) is 5.32 Å². The van der Waals surface area contributed by atoms with Gasteiger partial charge in [-0.25, -0.2) is 0 Å². The molecule has 0 aromatic rings. The smallest absolute Gasteiger partial charge is 0.0399 e. The fraction of sp³-hybridized carbons (Fsp3) is 0.647. The van der Waals surface area contributed by atoms with Crippen molar-refractivity contribution in [1.29, 1.82) is 0 Å². The number of allylic oxidation sites excluding steroid dienone is 5. The van der Waals surface area contributed by atoms with Gasteiger partial charge in [-0.3, -0.25) is 0 Å². The molecule has 0 spiro atoms. The van der Waals surface area contributed by atoms with Crippen LogP contribution in [0.4, 0.5) is 0 Å². The molecule has 18 heavy (non-hydrogen) atoms. The molecule has 1 rings (SSSR count). The molecule has 0 amide bonds. The van der Waals surface area contributed by atoms with Gasteiger partial charge in [-0.15, -0.1) is 0 Å². The predicted octanol–water partition coefficient (Wildman–Crippen LogP) is 4.83. The Morgan fingerprint density at radius 2 is 1.50 bits per heavy atom. The highest BCUT2D eigenvalue weighted by atomic mass is 14.8. The van der Waals surface area contributed by atoms with Crippen molar-refractivity contribution < 1.29 is 0 Å². The molecule has 0 atom stereocenters. The van der Waals surface area contributed by atoms with Gasteiger partial charge in [0.05, 0.1) is 0 Å². The molecule has 0 heterocycles. The van der Waals surface area contributed by atoms with Gasteiger partial charge in [-0.2, -0.15) is 0 Å². The van der Waals surface area contributed by atoms with Crippen molar-refractivity contribution in [3.05, 3.63) is 34.1 Å². The zero-order chi connectivity index (χ0) is 14.3. The summed E-state index contributed by atoms with van der Waals surface area (Å²) in [5, 5.41) is 3.37. The zero-order valence-electron chi connectivity index (χ0n) is 13.6. The normalized spacial score (nSPS) is 22.8. The van der Waals surface area contributed by atoms with Gasteiger partial charge >= 0.3 is 0 Å². The van der Waals surface area contributed by atoms with E-state index >= 15 is 0 Å². The summed E-state index contributed by atoms with van der Waals surface area (Å²) in [5.74, 6) is 0. The van der Waals surface area contributed by atoms with Gasteiger partial charge in [-0.05, 0) is 42.9 Å². The van der Waals surface area contributed by atoms with Gasteiger partial charge in [0.2, 0.25) is 0 Å². The molecule has 1 heteroatoms. The topological polar surface area (TPSA) is 12.0 Å². The SMILES string of the molecule is CNC1=C(C)/C(=C\C(C)(C)C)C(C)(C)C(C)=C1C. The Bertz CT molecular complexity index is 437. The fourth-order valence-corrected chi connectivity index (χ4v) is 2.84. The quantitative estimate of drug-likeness (QED) is 0.700. The number of rotatable bonds is 1. The molecule has 0 bridgehead atoms. The maximum atomic E-state index is 3.37. The van der Waals surface area contributed by atoms with Crippen LogP contribution in [0.2, 0.25) is 0 Å². The fourth-order valence-electron chi connectivity index (χ4n) is 2.84. The van der Waals surface area contributed by atoms with Crippen LogP contribution in [0, 0.1) is 10.8 Å². The first-order valence-corrected chi connectivity index (χ1v) is 6.83. The Labute approximate surface area is 113 Å². The van der Waals surface area contributed by atoms with Crippen molar-refractivity contribution in [3.63, 3.8) is 0 Å². The highest BCUT2D eigenvalue weighted by molar-refractivity contribution is 5.55. The predicted molar refractivity (Wildman–Crippen MR) is 81.5 cm³/mol. The summed E-state index contributed by atoms with van der Waals surface area (Å²) in [6, 6.07) is 0. The molecule has 0 saturated carbocycles. The Morgan fingerprint density at radius 1 is 1.00 bits per heavy atom. The molecule has 0 radical (unpaired) electrons. The lowest BCUT2D eigenvalue weighted by Crippen LogP contribution is -2.28. The standard InChI is InChI=1S/C17H29N/c1-11-13(3)17(7,8)14(10-16(4,5)6)12(2)15(11)18-9/h10,18H,1-9H3/b14-10+. The molecule has 102 valence electrons. The maximum absolute atomic E-state index is 3.37. The zero-order valence-corrected chi connectivity index (χ0v) is 13.6. The molecule has 0 saturated heterocycles. The minimum atomic E-state index is 0.127. The average molecular weight is 247 g/mol. The molecule has 0 aromatic heterocycles. The van der Waals surface area contributed by atoms with Crippen molar-refractivity contribution in [3.8, 4) is 0 Å². The number of hydrogen-bond donors (Lipinski definition) is 1. The van der Waals surface area contributed by atoms with Crippen LogP contribution in [0.1, 0.15) is 55.4 Å². The summed E-state index contributed by atoms with van der Waals surface area (Å²) in [4.78, 5) is 0. The first-order valence-electron chi connectivity index (χ1n) is 6.83. The van der Waals surface area contributed by atoms with Gasteiger partial charge < -0.3 is 5.32 Å². The third-order valence-corrected chi connectivity index (χ3v) is 4.15. The van der Waals surface area contributed by atoms with Gasteiger partial charge in [0.15, 0.2) is 0 Å². The van der Waals surface area contributed by atoms with Gasteiger partial charge in [-0.1, -0.05) is 46.3 Å². The molecule has 0 fully saturated rings. The molecule has 1 nitrogen and oxygen atoms in total. The summed E-state index contributed by atoms with van der Waals surface area (Å²) in [6.45, 7) is 18.2. The Balaban J connectivity index is 3.54. The second-order valence-corrected chi connectivity index (χ2v) is 7.05. The van der Waals surface area contributed by atoms with E-state index in [1.807, 2.05) is 7.05 Å². The van der Waals surface area contributed by atoms with Crippen LogP contribution in [-0.4, -0.2) is 7.05 Å². The minimum absolute atomic E-state index is 0.127. The van der Waals surface area contributed by atoms with E-state index in [-0.39, 0.29) is 10.8 Å². The molecule has 0 unspecified atom stereocenters. The Morgan fingerprint density at radius 3 is 1.89 bits per heavy atom. The van der Waals surface area contributed by atoms with Crippen LogP contribution in [0.3, 0.4) is 0 Å². The van der Waals surface area contributed by atoms with E-state index in [4.69, 9.17) is 0 Å². The number of hydrogen-bond acceptors (Lipinski definition) is 1. The number of likely N-dealkylation sites (N-methyl/N-ethyl adjacent to an activating group) is 1. The average Bonchev–Trinajstić information content (AvgIpc) is 2.22. The lowest BCUT2D eigenvalue weighted by Gasteiger charge is -2.39. The number of nitrogens with one attached hydrogen (secondary N) is 1. The molecular formula is C17H29N. The second kappa shape index (κ2) is 4.60. The maximum Gasteiger partial charge on any atom is 0.0399 e. The van der Waals surface area contributed by atoms with Crippen molar-refractivity contribution >= 4 is 0 Å². The van der Waals surface area contributed by atoms with Gasteiger partial charge in [0.1, 0.15) is 0 Å². The molecule has 0 aliphatic heterocycles. The van der Waals surface area contributed by atoms with E-state index in [1.165, 1.54) is 28.0 Å². The van der Waals surface area contributed by atoms with Crippen LogP contribution in [-0.2, 0) is 0 Å². The summed E-state index contributed by atoms with van der Waals surface area (Å²) in [6.07, 6.45) is 2.43.